The molecule has 0 radical (unpaired) electrons. The summed E-state index contributed by atoms with van der Waals surface area (Å²) in [6.07, 6.45) is 2.74. The molecular formula is C17H24ClNO2. The van der Waals surface area contributed by atoms with Crippen molar-refractivity contribution in [3.05, 3.63) is 34.9 Å². The topological polar surface area (TPSA) is 40.5 Å². The minimum atomic E-state index is -0.665. The van der Waals surface area contributed by atoms with Crippen molar-refractivity contribution in [3.8, 4) is 0 Å². The quantitative estimate of drug-likeness (QED) is 0.905. The number of halogens is 1. The molecule has 0 saturated heterocycles. The van der Waals surface area contributed by atoms with Crippen molar-refractivity contribution in [2.45, 2.75) is 45.2 Å². The van der Waals surface area contributed by atoms with Crippen LogP contribution in [0.25, 0.3) is 0 Å². The van der Waals surface area contributed by atoms with Crippen molar-refractivity contribution in [2.75, 3.05) is 7.05 Å². The number of carboxylic acid groups (broad SMARTS) is 1. The fourth-order valence-electron chi connectivity index (χ4n) is 3.35. The molecule has 3 nitrogen and oxygen atoms in total. The Labute approximate surface area is 131 Å². The molecule has 1 N–H and O–H groups in total. The summed E-state index contributed by atoms with van der Waals surface area (Å²) in [4.78, 5) is 13.8. The number of carboxylic acids is 1. The van der Waals surface area contributed by atoms with Crippen molar-refractivity contribution in [2.24, 2.45) is 11.8 Å². The van der Waals surface area contributed by atoms with E-state index in [-0.39, 0.29) is 18.0 Å². The highest BCUT2D eigenvalue weighted by Gasteiger charge is 2.37. The van der Waals surface area contributed by atoms with E-state index < -0.39 is 5.97 Å². The molecule has 0 heterocycles. The summed E-state index contributed by atoms with van der Waals surface area (Å²) >= 11 is 5.94. The maximum absolute atomic E-state index is 11.5. The molecule has 1 aromatic rings. The van der Waals surface area contributed by atoms with Gasteiger partial charge in [0.25, 0.3) is 0 Å². The number of aliphatic carboxylic acids is 1. The summed E-state index contributed by atoms with van der Waals surface area (Å²) in [6.45, 7) is 4.34. The van der Waals surface area contributed by atoms with Gasteiger partial charge in [-0.15, -0.1) is 0 Å². The predicted octanol–water partition coefficient (Wildman–Crippen LogP) is 4.22. The molecule has 1 fully saturated rings. The first-order chi connectivity index (χ1) is 9.90. The SMILES string of the molecule is CC1CCC(C(=O)O)C(N(C)C(C)c2ccc(Cl)cc2)C1. The third-order valence-electron chi connectivity index (χ3n) is 4.88. The molecule has 0 aliphatic heterocycles. The second-order valence-electron chi connectivity index (χ2n) is 6.32. The number of benzene rings is 1. The normalized spacial score (nSPS) is 27.6. The average Bonchev–Trinajstić information content (AvgIpc) is 2.46. The third-order valence-corrected chi connectivity index (χ3v) is 5.13. The van der Waals surface area contributed by atoms with Crippen LogP contribution < -0.4 is 0 Å². The first-order valence-corrected chi connectivity index (χ1v) is 7.98. The van der Waals surface area contributed by atoms with E-state index in [0.29, 0.717) is 5.92 Å². The Morgan fingerprint density at radius 2 is 1.95 bits per heavy atom. The molecule has 4 heteroatoms. The summed E-state index contributed by atoms with van der Waals surface area (Å²) in [6, 6.07) is 8.09. The lowest BCUT2D eigenvalue weighted by molar-refractivity contribution is -0.146. The molecule has 4 atom stereocenters. The molecule has 21 heavy (non-hydrogen) atoms. The average molecular weight is 310 g/mol. The van der Waals surface area contributed by atoms with Gasteiger partial charge in [0, 0.05) is 17.1 Å². The van der Waals surface area contributed by atoms with E-state index in [0.717, 1.165) is 24.3 Å². The summed E-state index contributed by atoms with van der Waals surface area (Å²) in [5.41, 5.74) is 1.17. The highest BCUT2D eigenvalue weighted by Crippen LogP contribution is 2.35. The summed E-state index contributed by atoms with van der Waals surface area (Å²) in [7, 11) is 2.04. The van der Waals surface area contributed by atoms with Crippen LogP contribution in [0.2, 0.25) is 5.02 Å². The molecule has 0 aromatic heterocycles. The van der Waals surface area contributed by atoms with Crippen molar-refractivity contribution >= 4 is 17.6 Å². The van der Waals surface area contributed by atoms with Crippen LogP contribution in [0, 0.1) is 11.8 Å². The van der Waals surface area contributed by atoms with E-state index in [1.54, 1.807) is 0 Å². The summed E-state index contributed by atoms with van der Waals surface area (Å²) in [5, 5.41) is 10.2. The Morgan fingerprint density at radius 1 is 1.33 bits per heavy atom. The van der Waals surface area contributed by atoms with Gasteiger partial charge in [-0.05, 0) is 56.8 Å². The zero-order chi connectivity index (χ0) is 15.6. The zero-order valence-electron chi connectivity index (χ0n) is 12.9. The molecule has 1 aliphatic rings. The Kier molecular flexibility index (Phi) is 5.28. The molecule has 1 saturated carbocycles. The molecule has 0 spiro atoms. The number of carbonyl (C=O) groups is 1. The Bertz CT molecular complexity index is 488. The molecule has 1 aliphatic carbocycles. The number of hydrogen-bond acceptors (Lipinski definition) is 2. The fraction of sp³-hybridized carbons (Fsp3) is 0.588. The highest BCUT2D eigenvalue weighted by molar-refractivity contribution is 6.30. The van der Waals surface area contributed by atoms with Crippen LogP contribution >= 0.6 is 11.6 Å². The van der Waals surface area contributed by atoms with E-state index in [1.807, 2.05) is 31.3 Å². The van der Waals surface area contributed by atoms with Gasteiger partial charge in [0.1, 0.15) is 0 Å². The Morgan fingerprint density at radius 3 is 2.52 bits per heavy atom. The fourth-order valence-corrected chi connectivity index (χ4v) is 3.48. The summed E-state index contributed by atoms with van der Waals surface area (Å²) in [5.74, 6) is -0.339. The largest absolute Gasteiger partial charge is 0.481 e. The molecule has 1 aromatic carbocycles. The number of rotatable bonds is 4. The third kappa shape index (κ3) is 3.78. The van der Waals surface area contributed by atoms with Crippen LogP contribution in [0.1, 0.15) is 44.7 Å². The second-order valence-corrected chi connectivity index (χ2v) is 6.76. The van der Waals surface area contributed by atoms with Gasteiger partial charge in [-0.2, -0.15) is 0 Å². The minimum absolute atomic E-state index is 0.0944. The lowest BCUT2D eigenvalue weighted by Crippen LogP contribution is -2.46. The van der Waals surface area contributed by atoms with E-state index in [4.69, 9.17) is 11.6 Å². The van der Waals surface area contributed by atoms with Crippen LogP contribution in [-0.4, -0.2) is 29.1 Å². The van der Waals surface area contributed by atoms with Crippen LogP contribution in [0.15, 0.2) is 24.3 Å². The number of hydrogen-bond donors (Lipinski definition) is 1. The summed E-state index contributed by atoms with van der Waals surface area (Å²) < 4.78 is 0. The maximum Gasteiger partial charge on any atom is 0.308 e. The standard InChI is InChI=1S/C17H24ClNO2/c1-11-4-9-15(17(20)21)16(10-11)19(3)12(2)13-5-7-14(18)8-6-13/h5-8,11-12,15-16H,4,9-10H2,1-3H3,(H,20,21). The van der Waals surface area contributed by atoms with E-state index in [1.165, 1.54) is 5.56 Å². The minimum Gasteiger partial charge on any atom is -0.481 e. The Hall–Kier alpha value is -1.06. The van der Waals surface area contributed by atoms with Gasteiger partial charge in [-0.25, -0.2) is 0 Å². The van der Waals surface area contributed by atoms with Gasteiger partial charge in [0.05, 0.1) is 5.92 Å². The molecule has 0 bridgehead atoms. The smallest absolute Gasteiger partial charge is 0.308 e. The first-order valence-electron chi connectivity index (χ1n) is 7.60. The van der Waals surface area contributed by atoms with Gasteiger partial charge < -0.3 is 5.11 Å². The molecule has 4 unspecified atom stereocenters. The van der Waals surface area contributed by atoms with E-state index >= 15 is 0 Å². The Balaban J connectivity index is 2.17. The zero-order valence-corrected chi connectivity index (χ0v) is 13.7. The molecule has 2 rings (SSSR count). The second kappa shape index (κ2) is 6.80. The monoisotopic (exact) mass is 309 g/mol. The molecular weight excluding hydrogens is 286 g/mol. The van der Waals surface area contributed by atoms with E-state index in [2.05, 4.69) is 18.7 Å². The lowest BCUT2D eigenvalue weighted by atomic mass is 9.78. The van der Waals surface area contributed by atoms with Crippen LogP contribution in [0.4, 0.5) is 0 Å². The lowest BCUT2D eigenvalue weighted by Gasteiger charge is -2.41. The predicted molar refractivity (Wildman–Crippen MR) is 85.6 cm³/mol. The van der Waals surface area contributed by atoms with Gasteiger partial charge in [0.2, 0.25) is 0 Å². The van der Waals surface area contributed by atoms with Crippen molar-refractivity contribution in [1.29, 1.82) is 0 Å². The van der Waals surface area contributed by atoms with Gasteiger partial charge in [0.15, 0.2) is 0 Å². The first kappa shape index (κ1) is 16.3. The van der Waals surface area contributed by atoms with Gasteiger partial charge >= 0.3 is 5.97 Å². The van der Waals surface area contributed by atoms with Crippen LogP contribution in [0.3, 0.4) is 0 Å². The highest BCUT2D eigenvalue weighted by atomic mass is 35.5. The van der Waals surface area contributed by atoms with Crippen molar-refractivity contribution in [3.63, 3.8) is 0 Å². The number of nitrogens with zero attached hydrogens (tertiary/aromatic N) is 1. The van der Waals surface area contributed by atoms with Gasteiger partial charge in [-0.3, -0.25) is 9.69 Å². The molecule has 116 valence electrons. The molecule has 0 amide bonds. The van der Waals surface area contributed by atoms with Crippen molar-refractivity contribution < 1.29 is 9.90 Å². The van der Waals surface area contributed by atoms with Crippen molar-refractivity contribution in [1.82, 2.24) is 4.90 Å². The van der Waals surface area contributed by atoms with Crippen LogP contribution in [0.5, 0.6) is 0 Å². The maximum atomic E-state index is 11.5. The van der Waals surface area contributed by atoms with E-state index in [9.17, 15) is 9.90 Å². The van der Waals surface area contributed by atoms with Gasteiger partial charge in [-0.1, -0.05) is 30.7 Å². The van der Waals surface area contributed by atoms with Crippen LogP contribution in [-0.2, 0) is 4.79 Å².